The number of anilines is 2. The third-order valence-corrected chi connectivity index (χ3v) is 2.18. The van der Waals surface area contributed by atoms with Gasteiger partial charge < -0.3 is 4.90 Å². The quantitative estimate of drug-likeness (QED) is 0.713. The highest BCUT2D eigenvalue weighted by atomic mass is 15.1. The van der Waals surface area contributed by atoms with E-state index in [9.17, 15) is 0 Å². The molecule has 14 heavy (non-hydrogen) atoms. The summed E-state index contributed by atoms with van der Waals surface area (Å²) in [6, 6.07) is 14.2. The molecule has 0 aliphatic heterocycles. The standard InChI is InChI=1S/C12H12N2/c1-14(11-6-3-2-4-7-11)12-8-5-9-13-10-12/h2-10H,1H3. The van der Waals surface area contributed by atoms with E-state index in [1.807, 2.05) is 43.6 Å². The van der Waals surface area contributed by atoms with E-state index in [4.69, 9.17) is 0 Å². The van der Waals surface area contributed by atoms with Gasteiger partial charge in [-0.3, -0.25) is 4.98 Å². The predicted octanol–water partition coefficient (Wildman–Crippen LogP) is 2.85. The molecule has 0 amide bonds. The van der Waals surface area contributed by atoms with Crippen LogP contribution in [0.4, 0.5) is 11.4 Å². The van der Waals surface area contributed by atoms with Gasteiger partial charge in [-0.15, -0.1) is 0 Å². The number of pyridine rings is 1. The molecule has 2 aromatic rings. The molecule has 0 aliphatic carbocycles. The van der Waals surface area contributed by atoms with E-state index in [1.165, 1.54) is 5.69 Å². The van der Waals surface area contributed by atoms with Gasteiger partial charge in [0.25, 0.3) is 0 Å². The summed E-state index contributed by atoms with van der Waals surface area (Å²) in [4.78, 5) is 6.19. The molecule has 1 aromatic heterocycles. The lowest BCUT2D eigenvalue weighted by Gasteiger charge is -2.18. The first-order chi connectivity index (χ1) is 6.88. The maximum absolute atomic E-state index is 4.09. The third kappa shape index (κ3) is 1.74. The molecule has 1 heterocycles. The van der Waals surface area contributed by atoms with Crippen LogP contribution in [0.2, 0.25) is 0 Å². The summed E-state index contributed by atoms with van der Waals surface area (Å²) < 4.78 is 0. The van der Waals surface area contributed by atoms with E-state index >= 15 is 0 Å². The molecule has 0 bridgehead atoms. The average molecular weight is 184 g/mol. The van der Waals surface area contributed by atoms with Gasteiger partial charge in [0, 0.05) is 18.9 Å². The van der Waals surface area contributed by atoms with E-state index in [-0.39, 0.29) is 0 Å². The van der Waals surface area contributed by atoms with E-state index in [1.54, 1.807) is 6.20 Å². The van der Waals surface area contributed by atoms with Gasteiger partial charge in [0.2, 0.25) is 0 Å². The molecule has 0 unspecified atom stereocenters. The summed E-state index contributed by atoms with van der Waals surface area (Å²) in [5.74, 6) is 0. The highest BCUT2D eigenvalue weighted by Gasteiger charge is 2.01. The lowest BCUT2D eigenvalue weighted by Crippen LogP contribution is -2.08. The van der Waals surface area contributed by atoms with Gasteiger partial charge in [-0.1, -0.05) is 18.2 Å². The normalized spacial score (nSPS) is 9.79. The van der Waals surface area contributed by atoms with Crippen molar-refractivity contribution >= 4 is 11.4 Å². The van der Waals surface area contributed by atoms with E-state index in [0.717, 1.165) is 5.69 Å². The average Bonchev–Trinajstić information content (AvgIpc) is 2.30. The Morgan fingerprint density at radius 2 is 1.64 bits per heavy atom. The molecular weight excluding hydrogens is 172 g/mol. The van der Waals surface area contributed by atoms with Crippen molar-refractivity contribution in [3.63, 3.8) is 0 Å². The molecule has 2 heteroatoms. The maximum atomic E-state index is 4.09. The van der Waals surface area contributed by atoms with Crippen LogP contribution in [-0.2, 0) is 0 Å². The van der Waals surface area contributed by atoms with Crippen molar-refractivity contribution in [3.05, 3.63) is 54.9 Å². The van der Waals surface area contributed by atoms with Crippen LogP contribution in [0.1, 0.15) is 0 Å². The Morgan fingerprint density at radius 3 is 2.29 bits per heavy atom. The van der Waals surface area contributed by atoms with Crippen LogP contribution >= 0.6 is 0 Å². The topological polar surface area (TPSA) is 16.1 Å². The van der Waals surface area contributed by atoms with Crippen LogP contribution < -0.4 is 4.90 Å². The molecule has 0 spiro atoms. The third-order valence-electron chi connectivity index (χ3n) is 2.18. The molecule has 0 fully saturated rings. The summed E-state index contributed by atoms with van der Waals surface area (Å²) in [6.07, 6.45) is 3.63. The van der Waals surface area contributed by atoms with Crippen LogP contribution in [0, 0.1) is 0 Å². The molecule has 0 atom stereocenters. The molecular formula is C12H12N2. The Bertz CT molecular complexity index is 344. The predicted molar refractivity (Wildman–Crippen MR) is 58.7 cm³/mol. The number of hydrogen-bond donors (Lipinski definition) is 0. The Labute approximate surface area is 83.8 Å². The molecule has 2 nitrogen and oxygen atoms in total. The molecule has 1 aromatic carbocycles. The number of hydrogen-bond acceptors (Lipinski definition) is 2. The highest BCUT2D eigenvalue weighted by Crippen LogP contribution is 2.21. The number of para-hydroxylation sites is 1. The van der Waals surface area contributed by atoms with E-state index in [0.29, 0.717) is 0 Å². The second-order valence-corrected chi connectivity index (χ2v) is 3.11. The van der Waals surface area contributed by atoms with Crippen molar-refractivity contribution in [3.8, 4) is 0 Å². The summed E-state index contributed by atoms with van der Waals surface area (Å²) in [6.45, 7) is 0. The van der Waals surface area contributed by atoms with Crippen LogP contribution in [-0.4, -0.2) is 12.0 Å². The second-order valence-electron chi connectivity index (χ2n) is 3.11. The van der Waals surface area contributed by atoms with E-state index < -0.39 is 0 Å². The number of aromatic nitrogens is 1. The Morgan fingerprint density at radius 1 is 0.929 bits per heavy atom. The lowest BCUT2D eigenvalue weighted by molar-refractivity contribution is 1.17. The van der Waals surface area contributed by atoms with Crippen molar-refractivity contribution in [1.29, 1.82) is 0 Å². The van der Waals surface area contributed by atoms with Crippen molar-refractivity contribution in [2.24, 2.45) is 0 Å². The van der Waals surface area contributed by atoms with Gasteiger partial charge in [-0.05, 0) is 24.3 Å². The fourth-order valence-corrected chi connectivity index (χ4v) is 1.35. The number of nitrogens with zero attached hydrogens (tertiary/aromatic N) is 2. The highest BCUT2D eigenvalue weighted by molar-refractivity contribution is 5.60. The Kier molecular flexibility index (Phi) is 2.45. The summed E-state index contributed by atoms with van der Waals surface area (Å²) in [7, 11) is 2.03. The molecule has 0 N–H and O–H groups in total. The smallest absolute Gasteiger partial charge is 0.0594 e. The van der Waals surface area contributed by atoms with Gasteiger partial charge in [0.15, 0.2) is 0 Å². The fourth-order valence-electron chi connectivity index (χ4n) is 1.35. The molecule has 0 radical (unpaired) electrons. The van der Waals surface area contributed by atoms with Crippen LogP contribution in [0.5, 0.6) is 0 Å². The molecule has 70 valence electrons. The van der Waals surface area contributed by atoms with Crippen molar-refractivity contribution in [2.75, 3.05) is 11.9 Å². The first-order valence-electron chi connectivity index (χ1n) is 4.57. The van der Waals surface area contributed by atoms with Crippen LogP contribution in [0.15, 0.2) is 54.9 Å². The van der Waals surface area contributed by atoms with Gasteiger partial charge in [0.1, 0.15) is 0 Å². The lowest BCUT2D eigenvalue weighted by atomic mass is 10.3. The summed E-state index contributed by atoms with van der Waals surface area (Å²) in [5.41, 5.74) is 2.26. The Hall–Kier alpha value is -1.83. The zero-order valence-corrected chi connectivity index (χ0v) is 8.09. The molecule has 2 rings (SSSR count). The van der Waals surface area contributed by atoms with Crippen LogP contribution in [0.3, 0.4) is 0 Å². The summed E-state index contributed by atoms with van der Waals surface area (Å²) >= 11 is 0. The Balaban J connectivity index is 2.30. The van der Waals surface area contributed by atoms with Gasteiger partial charge in [-0.25, -0.2) is 0 Å². The van der Waals surface area contributed by atoms with Gasteiger partial charge in [0.05, 0.1) is 11.9 Å². The number of rotatable bonds is 2. The van der Waals surface area contributed by atoms with Crippen molar-refractivity contribution in [2.45, 2.75) is 0 Å². The van der Waals surface area contributed by atoms with Gasteiger partial charge >= 0.3 is 0 Å². The van der Waals surface area contributed by atoms with Crippen molar-refractivity contribution < 1.29 is 0 Å². The molecule has 0 saturated carbocycles. The fraction of sp³-hybridized carbons (Fsp3) is 0.0833. The monoisotopic (exact) mass is 184 g/mol. The second kappa shape index (κ2) is 3.92. The zero-order chi connectivity index (χ0) is 9.80. The summed E-state index contributed by atoms with van der Waals surface area (Å²) in [5, 5.41) is 0. The van der Waals surface area contributed by atoms with Crippen LogP contribution in [0.25, 0.3) is 0 Å². The minimum Gasteiger partial charge on any atom is -0.343 e. The first-order valence-corrected chi connectivity index (χ1v) is 4.57. The minimum atomic E-state index is 1.10. The van der Waals surface area contributed by atoms with E-state index in [2.05, 4.69) is 22.0 Å². The van der Waals surface area contributed by atoms with Crippen molar-refractivity contribution in [1.82, 2.24) is 4.98 Å². The number of benzene rings is 1. The minimum absolute atomic E-state index is 1.10. The molecule has 0 saturated heterocycles. The zero-order valence-electron chi connectivity index (χ0n) is 8.09. The first kappa shape index (κ1) is 8.75. The molecule has 0 aliphatic rings. The largest absolute Gasteiger partial charge is 0.343 e. The SMILES string of the molecule is CN(c1ccccc1)c1cccnc1. The maximum Gasteiger partial charge on any atom is 0.0594 e. The van der Waals surface area contributed by atoms with Gasteiger partial charge in [-0.2, -0.15) is 0 Å².